The van der Waals surface area contributed by atoms with Gasteiger partial charge < -0.3 is 0 Å². The smallest absolute Gasteiger partial charge is 0.262 e. The van der Waals surface area contributed by atoms with Crippen LogP contribution >= 0.6 is 46.6 Å². The van der Waals surface area contributed by atoms with Gasteiger partial charge in [-0.2, -0.15) is 0 Å². The third-order valence-corrected chi connectivity index (χ3v) is 2.04. The summed E-state index contributed by atoms with van der Waals surface area (Å²) in [4.78, 5) is 13.1. The minimum Gasteiger partial charge on any atom is -0.262 e. The Hall–Kier alpha value is 0.0400. The Morgan fingerprint density at radius 1 is 1.50 bits per heavy atom. The minimum absolute atomic E-state index is 0.695. The summed E-state index contributed by atoms with van der Waals surface area (Å²) in [5, 5.41) is 1.73. The van der Waals surface area contributed by atoms with E-state index in [0.717, 1.165) is 10.8 Å². The Morgan fingerprint density at radius 2 is 2.07 bits per heavy atom. The fourth-order valence-corrected chi connectivity index (χ4v) is 1.29. The van der Waals surface area contributed by atoms with Gasteiger partial charge in [0.15, 0.2) is 0 Å². The highest BCUT2D eigenvalue weighted by atomic mass is 35.5. The summed E-state index contributed by atoms with van der Waals surface area (Å²) in [6, 6.07) is 3.78. The topological polar surface area (TPSA) is 30.0 Å². The van der Waals surface area contributed by atoms with Crippen molar-refractivity contribution in [2.75, 3.05) is 5.75 Å². The number of carbonyl (C=O) groups excluding carboxylic acids is 1. The Bertz CT molecular complexity index is 274. The normalized spacial score (nSPS) is 8.86. The van der Waals surface area contributed by atoms with Gasteiger partial charge in [-0.25, -0.2) is 4.98 Å². The number of thioether (sulfide) groups is 1. The van der Waals surface area contributed by atoms with Crippen molar-refractivity contribution in [1.29, 1.82) is 0 Å². The van der Waals surface area contributed by atoms with E-state index in [9.17, 15) is 0 Å². The van der Waals surface area contributed by atoms with Gasteiger partial charge in [0.25, 0.3) is 0 Å². The van der Waals surface area contributed by atoms with Crippen LogP contribution in [0.5, 0.6) is 0 Å². The van der Waals surface area contributed by atoms with Crippen LogP contribution in [0.25, 0.3) is 0 Å². The van der Waals surface area contributed by atoms with Gasteiger partial charge in [0, 0.05) is 6.20 Å². The second-order valence-electron chi connectivity index (χ2n) is 1.97. The molecule has 6 heteroatoms. The summed E-state index contributed by atoms with van der Waals surface area (Å²) < 4.78 is -0.889. The minimum atomic E-state index is -0.889. The number of aromatic nitrogens is 1. The largest absolute Gasteiger partial charge is 0.313 e. The van der Waals surface area contributed by atoms with E-state index in [0.29, 0.717) is 5.02 Å². The third kappa shape index (κ3) is 8.63. The second-order valence-corrected chi connectivity index (χ2v) is 4.57. The van der Waals surface area contributed by atoms with E-state index < -0.39 is 4.70 Å². The molecule has 78 valence electrons. The van der Waals surface area contributed by atoms with Gasteiger partial charge in [-0.3, -0.25) is 4.79 Å². The van der Waals surface area contributed by atoms with E-state index in [1.165, 1.54) is 0 Å². The average molecular weight is 273 g/mol. The van der Waals surface area contributed by atoms with Crippen molar-refractivity contribution < 1.29 is 4.79 Å². The summed E-state index contributed by atoms with van der Waals surface area (Å²) in [5.41, 5.74) is 0. The molecular weight excluding hydrogens is 265 g/mol. The van der Waals surface area contributed by atoms with Crippen LogP contribution in [-0.4, -0.2) is 15.4 Å². The first-order chi connectivity index (χ1) is 6.56. The molecule has 1 rings (SSSR count). The standard InChI is InChI=1S/C7H8ClNS.CCl2O/c1-2-10-7-4-3-6(8)5-9-7;2-1(3)4/h3-5H,2H2,1H3;. The molecule has 0 radical (unpaired) electrons. The van der Waals surface area contributed by atoms with Crippen LogP contribution in [0.1, 0.15) is 6.92 Å². The molecular formula is C8H8Cl3NOS. The molecule has 1 aromatic heterocycles. The number of halogens is 3. The van der Waals surface area contributed by atoms with E-state index in [4.69, 9.17) is 16.4 Å². The van der Waals surface area contributed by atoms with Crippen LogP contribution in [0.4, 0.5) is 4.79 Å². The van der Waals surface area contributed by atoms with Crippen LogP contribution in [0.15, 0.2) is 23.4 Å². The molecule has 0 unspecified atom stereocenters. The first-order valence-electron chi connectivity index (χ1n) is 3.65. The predicted molar refractivity (Wildman–Crippen MR) is 62.7 cm³/mol. The Kier molecular flexibility index (Phi) is 8.38. The molecule has 0 fully saturated rings. The van der Waals surface area contributed by atoms with E-state index in [1.54, 1.807) is 18.0 Å². The van der Waals surface area contributed by atoms with E-state index in [1.807, 2.05) is 12.1 Å². The lowest BCUT2D eigenvalue weighted by atomic mass is 10.5. The van der Waals surface area contributed by atoms with Crippen LogP contribution in [0.3, 0.4) is 0 Å². The predicted octanol–water partition coefficient (Wildman–Crippen LogP) is 4.43. The van der Waals surface area contributed by atoms with Gasteiger partial charge in [-0.1, -0.05) is 18.5 Å². The van der Waals surface area contributed by atoms with Gasteiger partial charge in [0.1, 0.15) is 0 Å². The summed E-state index contributed by atoms with van der Waals surface area (Å²) in [6.45, 7) is 2.10. The van der Waals surface area contributed by atoms with Gasteiger partial charge >= 0.3 is 4.70 Å². The molecule has 1 aromatic rings. The van der Waals surface area contributed by atoms with Crippen molar-refractivity contribution in [2.24, 2.45) is 0 Å². The van der Waals surface area contributed by atoms with Crippen LogP contribution in [-0.2, 0) is 0 Å². The highest BCUT2D eigenvalue weighted by Crippen LogP contribution is 2.15. The number of hydrogen-bond acceptors (Lipinski definition) is 3. The molecule has 0 saturated carbocycles. The maximum Gasteiger partial charge on any atom is 0.313 e. The van der Waals surface area contributed by atoms with Gasteiger partial charge in [0.05, 0.1) is 10.0 Å². The maximum atomic E-state index is 8.98. The number of nitrogens with zero attached hydrogens (tertiary/aromatic N) is 1. The van der Waals surface area contributed by atoms with Crippen LogP contribution < -0.4 is 0 Å². The lowest BCUT2D eigenvalue weighted by molar-refractivity contribution is 0.275. The Morgan fingerprint density at radius 3 is 2.43 bits per heavy atom. The number of hydrogen-bond donors (Lipinski definition) is 0. The molecule has 0 aromatic carbocycles. The zero-order valence-corrected chi connectivity index (χ0v) is 10.4. The zero-order valence-electron chi connectivity index (χ0n) is 7.34. The summed E-state index contributed by atoms with van der Waals surface area (Å²) >= 11 is 16.2. The lowest BCUT2D eigenvalue weighted by Crippen LogP contribution is -1.77. The first-order valence-corrected chi connectivity index (χ1v) is 5.77. The van der Waals surface area contributed by atoms with Crippen molar-refractivity contribution in [1.82, 2.24) is 4.98 Å². The van der Waals surface area contributed by atoms with Crippen LogP contribution in [0, 0.1) is 0 Å². The van der Waals surface area contributed by atoms with Gasteiger partial charge in [-0.05, 0) is 41.1 Å². The average Bonchev–Trinajstić information content (AvgIpc) is 2.08. The monoisotopic (exact) mass is 271 g/mol. The molecule has 0 bridgehead atoms. The fraction of sp³-hybridized carbons (Fsp3) is 0.250. The summed E-state index contributed by atoms with van der Waals surface area (Å²) in [7, 11) is 0. The van der Waals surface area contributed by atoms with Crippen molar-refractivity contribution in [2.45, 2.75) is 11.9 Å². The summed E-state index contributed by atoms with van der Waals surface area (Å²) in [5.74, 6) is 1.05. The SMILES string of the molecule is CCSc1ccc(Cl)cn1.O=C(Cl)Cl. The number of rotatable bonds is 2. The maximum absolute atomic E-state index is 8.98. The molecule has 0 amide bonds. The fourth-order valence-electron chi connectivity index (χ4n) is 0.596. The quantitative estimate of drug-likeness (QED) is 0.589. The molecule has 2 nitrogen and oxygen atoms in total. The third-order valence-electron chi connectivity index (χ3n) is 0.992. The van der Waals surface area contributed by atoms with E-state index in [2.05, 4.69) is 35.1 Å². The van der Waals surface area contributed by atoms with E-state index >= 15 is 0 Å². The van der Waals surface area contributed by atoms with Gasteiger partial charge in [-0.15, -0.1) is 11.8 Å². The molecule has 14 heavy (non-hydrogen) atoms. The summed E-state index contributed by atoms with van der Waals surface area (Å²) in [6.07, 6.45) is 1.67. The lowest BCUT2D eigenvalue weighted by Gasteiger charge is -1.94. The molecule has 0 aliphatic carbocycles. The molecule has 0 aliphatic rings. The number of pyridine rings is 1. The number of carbonyl (C=O) groups is 1. The van der Waals surface area contributed by atoms with Crippen molar-refractivity contribution in [3.8, 4) is 0 Å². The molecule has 0 atom stereocenters. The first kappa shape index (κ1) is 14.0. The Labute approximate surface area is 102 Å². The molecule has 0 spiro atoms. The Balaban J connectivity index is 0.000000364. The highest BCUT2D eigenvalue weighted by Gasteiger charge is 1.91. The molecule has 0 N–H and O–H groups in total. The van der Waals surface area contributed by atoms with Crippen molar-refractivity contribution in [3.63, 3.8) is 0 Å². The van der Waals surface area contributed by atoms with Crippen molar-refractivity contribution in [3.05, 3.63) is 23.4 Å². The van der Waals surface area contributed by atoms with Gasteiger partial charge in [0.2, 0.25) is 0 Å². The second kappa shape index (κ2) is 8.36. The van der Waals surface area contributed by atoms with E-state index in [-0.39, 0.29) is 0 Å². The molecule has 0 aliphatic heterocycles. The molecule has 0 saturated heterocycles. The van der Waals surface area contributed by atoms with Crippen LogP contribution in [0.2, 0.25) is 5.02 Å². The van der Waals surface area contributed by atoms with Crippen molar-refractivity contribution >= 4 is 51.3 Å². The highest BCUT2D eigenvalue weighted by molar-refractivity contribution is 7.99. The zero-order chi connectivity index (χ0) is 11.0. The molecule has 1 heterocycles.